The molecule has 1 aromatic heterocycles. The molecule has 2 amide bonds. The maximum atomic E-state index is 13.2. The van der Waals surface area contributed by atoms with Crippen LogP contribution in [0.4, 0.5) is 0 Å². The Bertz CT molecular complexity index is 1220. The number of fused-ring (bicyclic) bond motifs is 1. The lowest BCUT2D eigenvalue weighted by atomic mass is 9.84. The molecule has 1 atom stereocenters. The standard InChI is InChI=1S/C27H30N4O4/c1-18(26(32)28-15-20-8-9-24-25(14-20)35-17-34-24)21-10-12-30(13-11-21)27(33)23-16-31(29-19(23)2)22-6-4-3-5-7-22/h3-9,14,16,18,21H,10-13,15,17H2,1-2H3,(H,28,32)/t18-/m0/s1. The van der Waals surface area contributed by atoms with E-state index in [0.717, 1.165) is 35.5 Å². The molecule has 1 saturated heterocycles. The fourth-order valence-corrected chi connectivity index (χ4v) is 4.77. The summed E-state index contributed by atoms with van der Waals surface area (Å²) in [4.78, 5) is 27.9. The van der Waals surface area contributed by atoms with Gasteiger partial charge in [-0.1, -0.05) is 31.2 Å². The van der Waals surface area contributed by atoms with Gasteiger partial charge in [-0.25, -0.2) is 4.68 Å². The second-order valence-electron chi connectivity index (χ2n) is 9.23. The minimum atomic E-state index is -0.121. The number of hydrogen-bond acceptors (Lipinski definition) is 5. The van der Waals surface area contributed by atoms with Gasteiger partial charge in [-0.2, -0.15) is 5.10 Å². The second kappa shape index (κ2) is 9.82. The number of carbonyl (C=O) groups is 2. The number of amides is 2. The monoisotopic (exact) mass is 474 g/mol. The average molecular weight is 475 g/mol. The Morgan fingerprint density at radius 2 is 1.83 bits per heavy atom. The van der Waals surface area contributed by atoms with Crippen LogP contribution in [0.1, 0.15) is 41.4 Å². The summed E-state index contributed by atoms with van der Waals surface area (Å²) in [7, 11) is 0. The highest BCUT2D eigenvalue weighted by atomic mass is 16.7. The summed E-state index contributed by atoms with van der Waals surface area (Å²) < 4.78 is 12.5. The Morgan fingerprint density at radius 3 is 2.60 bits per heavy atom. The quantitative estimate of drug-likeness (QED) is 0.589. The molecule has 5 rings (SSSR count). The van der Waals surface area contributed by atoms with Gasteiger partial charge in [0.1, 0.15) is 0 Å². The Labute approximate surface area is 204 Å². The smallest absolute Gasteiger partial charge is 0.257 e. The van der Waals surface area contributed by atoms with Crippen LogP contribution in [0.15, 0.2) is 54.7 Å². The van der Waals surface area contributed by atoms with Crippen molar-refractivity contribution in [3.63, 3.8) is 0 Å². The van der Waals surface area contributed by atoms with Gasteiger partial charge >= 0.3 is 0 Å². The molecule has 1 fully saturated rings. The molecule has 0 spiro atoms. The summed E-state index contributed by atoms with van der Waals surface area (Å²) in [5.74, 6) is 1.60. The number of piperidine rings is 1. The van der Waals surface area contributed by atoms with Gasteiger partial charge in [-0.15, -0.1) is 0 Å². The SMILES string of the molecule is Cc1nn(-c2ccccc2)cc1C(=O)N1CCC([C@H](C)C(=O)NCc2ccc3c(c2)OCO3)CC1. The van der Waals surface area contributed by atoms with Crippen molar-refractivity contribution in [1.29, 1.82) is 0 Å². The first-order valence-electron chi connectivity index (χ1n) is 12.1. The number of rotatable bonds is 6. The summed E-state index contributed by atoms with van der Waals surface area (Å²) in [6.45, 7) is 5.80. The molecule has 2 aliphatic rings. The van der Waals surface area contributed by atoms with Crippen molar-refractivity contribution in [3.8, 4) is 17.2 Å². The predicted molar refractivity (Wildman–Crippen MR) is 131 cm³/mol. The summed E-state index contributed by atoms with van der Waals surface area (Å²) in [5.41, 5.74) is 3.25. The van der Waals surface area contributed by atoms with Crippen LogP contribution >= 0.6 is 0 Å². The van der Waals surface area contributed by atoms with Gasteiger partial charge in [-0.3, -0.25) is 9.59 Å². The third-order valence-electron chi connectivity index (χ3n) is 7.00. The Kier molecular flexibility index (Phi) is 6.44. The van der Waals surface area contributed by atoms with Crippen LogP contribution in [0.2, 0.25) is 0 Å². The molecule has 8 heteroatoms. The summed E-state index contributed by atoms with van der Waals surface area (Å²) >= 11 is 0. The normalized spacial score (nSPS) is 16.2. The van der Waals surface area contributed by atoms with Crippen LogP contribution in [-0.4, -0.2) is 46.4 Å². The van der Waals surface area contributed by atoms with E-state index in [1.807, 2.05) is 73.5 Å². The average Bonchev–Trinajstić information content (AvgIpc) is 3.53. The van der Waals surface area contributed by atoms with Gasteiger partial charge in [0.2, 0.25) is 12.7 Å². The zero-order valence-electron chi connectivity index (χ0n) is 20.1. The van der Waals surface area contributed by atoms with E-state index < -0.39 is 0 Å². The van der Waals surface area contributed by atoms with Crippen LogP contribution in [0.3, 0.4) is 0 Å². The van der Waals surface area contributed by atoms with E-state index in [1.165, 1.54) is 0 Å². The van der Waals surface area contributed by atoms with E-state index in [0.29, 0.717) is 30.9 Å². The number of likely N-dealkylation sites (tertiary alicyclic amines) is 1. The van der Waals surface area contributed by atoms with E-state index in [-0.39, 0.29) is 30.4 Å². The van der Waals surface area contributed by atoms with Crippen molar-refractivity contribution in [2.75, 3.05) is 19.9 Å². The van der Waals surface area contributed by atoms with Gasteiger partial charge in [0, 0.05) is 31.7 Å². The highest BCUT2D eigenvalue weighted by Gasteiger charge is 2.31. The minimum absolute atomic E-state index is 0.00282. The minimum Gasteiger partial charge on any atom is -0.454 e. The number of aryl methyl sites for hydroxylation is 1. The maximum Gasteiger partial charge on any atom is 0.257 e. The van der Waals surface area contributed by atoms with Crippen molar-refractivity contribution in [1.82, 2.24) is 20.0 Å². The first kappa shape index (κ1) is 23.0. The Hall–Kier alpha value is -3.81. The third-order valence-corrected chi connectivity index (χ3v) is 7.00. The first-order chi connectivity index (χ1) is 17.0. The fourth-order valence-electron chi connectivity index (χ4n) is 4.77. The van der Waals surface area contributed by atoms with Crippen LogP contribution in [0, 0.1) is 18.8 Å². The summed E-state index contributed by atoms with van der Waals surface area (Å²) in [5, 5.41) is 7.58. The van der Waals surface area contributed by atoms with Crippen molar-refractivity contribution in [2.45, 2.75) is 33.2 Å². The Morgan fingerprint density at radius 1 is 1.09 bits per heavy atom. The molecule has 0 saturated carbocycles. The summed E-state index contributed by atoms with van der Waals surface area (Å²) in [6, 6.07) is 15.5. The molecule has 3 aromatic rings. The lowest BCUT2D eigenvalue weighted by molar-refractivity contribution is -0.126. The number of nitrogens with one attached hydrogen (secondary N) is 1. The highest BCUT2D eigenvalue weighted by Crippen LogP contribution is 2.32. The lowest BCUT2D eigenvalue weighted by Crippen LogP contribution is -2.42. The molecular weight excluding hydrogens is 444 g/mol. The topological polar surface area (TPSA) is 85.7 Å². The van der Waals surface area contributed by atoms with E-state index in [9.17, 15) is 9.59 Å². The number of benzene rings is 2. The van der Waals surface area contributed by atoms with Crippen LogP contribution in [-0.2, 0) is 11.3 Å². The number of hydrogen-bond donors (Lipinski definition) is 1. The van der Waals surface area contributed by atoms with Crippen molar-refractivity contribution >= 4 is 11.8 Å². The zero-order chi connectivity index (χ0) is 24.4. The molecule has 0 bridgehead atoms. The van der Waals surface area contributed by atoms with Crippen LogP contribution in [0.5, 0.6) is 11.5 Å². The van der Waals surface area contributed by atoms with Crippen molar-refractivity contribution < 1.29 is 19.1 Å². The first-order valence-corrected chi connectivity index (χ1v) is 12.1. The molecule has 2 aromatic carbocycles. The van der Waals surface area contributed by atoms with Crippen LogP contribution < -0.4 is 14.8 Å². The predicted octanol–water partition coefficient (Wildman–Crippen LogP) is 3.71. The number of ether oxygens (including phenoxy) is 2. The molecule has 8 nitrogen and oxygen atoms in total. The zero-order valence-corrected chi connectivity index (χ0v) is 20.1. The lowest BCUT2D eigenvalue weighted by Gasteiger charge is -2.34. The largest absolute Gasteiger partial charge is 0.454 e. The number of para-hydroxylation sites is 1. The molecular formula is C27H30N4O4. The highest BCUT2D eigenvalue weighted by molar-refractivity contribution is 5.95. The number of nitrogens with zero attached hydrogens (tertiary/aromatic N) is 3. The van der Waals surface area contributed by atoms with Crippen molar-refractivity contribution in [3.05, 3.63) is 71.5 Å². The van der Waals surface area contributed by atoms with Gasteiger partial charge in [-0.05, 0) is 55.5 Å². The van der Waals surface area contributed by atoms with Crippen LogP contribution in [0.25, 0.3) is 5.69 Å². The number of carbonyl (C=O) groups excluding carboxylic acids is 2. The maximum absolute atomic E-state index is 13.2. The molecule has 0 aliphatic carbocycles. The van der Waals surface area contributed by atoms with E-state index in [1.54, 1.807) is 4.68 Å². The molecule has 35 heavy (non-hydrogen) atoms. The van der Waals surface area contributed by atoms with Crippen molar-refractivity contribution in [2.24, 2.45) is 11.8 Å². The van der Waals surface area contributed by atoms with Gasteiger partial charge < -0.3 is 19.7 Å². The molecule has 2 aliphatic heterocycles. The molecule has 3 heterocycles. The molecule has 182 valence electrons. The van der Waals surface area contributed by atoms with Gasteiger partial charge in [0.25, 0.3) is 5.91 Å². The second-order valence-corrected chi connectivity index (χ2v) is 9.23. The summed E-state index contributed by atoms with van der Waals surface area (Å²) in [6.07, 6.45) is 3.41. The Balaban J connectivity index is 1.14. The van der Waals surface area contributed by atoms with E-state index >= 15 is 0 Å². The van der Waals surface area contributed by atoms with E-state index in [2.05, 4.69) is 10.4 Å². The van der Waals surface area contributed by atoms with Gasteiger partial charge in [0.05, 0.1) is 16.9 Å². The fraction of sp³-hybridized carbons (Fsp3) is 0.370. The molecule has 0 unspecified atom stereocenters. The molecule has 1 N–H and O–H groups in total. The van der Waals surface area contributed by atoms with Gasteiger partial charge in [0.15, 0.2) is 11.5 Å². The number of aromatic nitrogens is 2. The molecule has 0 radical (unpaired) electrons. The third kappa shape index (κ3) is 4.87. The van der Waals surface area contributed by atoms with E-state index in [4.69, 9.17) is 9.47 Å².